The summed E-state index contributed by atoms with van der Waals surface area (Å²) in [7, 11) is 1.32. The minimum absolute atomic E-state index is 0.0751. The molecule has 0 aromatic carbocycles. The van der Waals surface area contributed by atoms with Crippen LogP contribution in [0.25, 0.3) is 0 Å². The zero-order chi connectivity index (χ0) is 22.0. The summed E-state index contributed by atoms with van der Waals surface area (Å²) in [5.41, 5.74) is 1.99. The quantitative estimate of drug-likeness (QED) is 0.475. The lowest BCUT2D eigenvalue weighted by Crippen LogP contribution is -2.53. The summed E-state index contributed by atoms with van der Waals surface area (Å²) in [5, 5.41) is 0. The molecule has 5 aliphatic rings. The Morgan fingerprint density at radius 3 is 2.71 bits per heavy atom. The van der Waals surface area contributed by atoms with Gasteiger partial charge in [0.2, 0.25) is 0 Å². The van der Waals surface area contributed by atoms with Gasteiger partial charge in [0.1, 0.15) is 5.60 Å². The summed E-state index contributed by atoms with van der Waals surface area (Å²) >= 11 is 0. The highest BCUT2D eigenvalue weighted by atomic mass is 16.7. The van der Waals surface area contributed by atoms with Crippen LogP contribution in [-0.4, -0.2) is 37.2 Å². The molecule has 5 rings (SSSR count). The zero-order valence-corrected chi connectivity index (χ0v) is 18.7. The first kappa shape index (κ1) is 20.8. The maximum absolute atomic E-state index is 12.2. The van der Waals surface area contributed by atoms with E-state index in [9.17, 15) is 14.4 Å². The first-order chi connectivity index (χ1) is 14.7. The number of methoxy groups -OCH3 is 1. The molecule has 0 bridgehead atoms. The van der Waals surface area contributed by atoms with Gasteiger partial charge in [-0.25, -0.2) is 4.79 Å². The van der Waals surface area contributed by atoms with Crippen LogP contribution in [0.1, 0.15) is 65.2 Å². The molecule has 1 saturated heterocycles. The van der Waals surface area contributed by atoms with Crippen molar-refractivity contribution in [2.24, 2.45) is 28.6 Å². The van der Waals surface area contributed by atoms with E-state index in [1.807, 2.05) is 6.08 Å². The predicted molar refractivity (Wildman–Crippen MR) is 112 cm³/mol. The molecule has 2 saturated carbocycles. The number of carbonyl (C=O) groups is 3. The first-order valence-corrected chi connectivity index (χ1v) is 11.6. The Labute approximate surface area is 183 Å². The Kier molecular flexibility index (Phi) is 4.65. The number of carbonyl (C=O) groups excluding carboxylic acids is 3. The highest BCUT2D eigenvalue weighted by Crippen LogP contribution is 2.68. The van der Waals surface area contributed by atoms with Crippen molar-refractivity contribution in [3.05, 3.63) is 23.3 Å². The van der Waals surface area contributed by atoms with Gasteiger partial charge in [-0.3, -0.25) is 9.59 Å². The van der Waals surface area contributed by atoms with Crippen LogP contribution in [0.5, 0.6) is 0 Å². The Hall–Kier alpha value is -2.11. The van der Waals surface area contributed by atoms with Crippen LogP contribution in [-0.2, 0) is 23.8 Å². The molecule has 0 amide bonds. The summed E-state index contributed by atoms with van der Waals surface area (Å²) in [5.74, 6) is 0.817. The summed E-state index contributed by atoms with van der Waals surface area (Å²) in [4.78, 5) is 36.1. The number of allylic oxidation sites excluding steroid dienone is 4. The van der Waals surface area contributed by atoms with Gasteiger partial charge in [-0.05, 0) is 56.4 Å². The van der Waals surface area contributed by atoms with Gasteiger partial charge in [-0.15, -0.1) is 0 Å². The monoisotopic (exact) mass is 428 g/mol. The maximum Gasteiger partial charge on any atom is 0.507 e. The fourth-order valence-corrected chi connectivity index (χ4v) is 7.68. The largest absolute Gasteiger partial charge is 0.507 e. The molecule has 6 heteroatoms. The average Bonchev–Trinajstić information content (AvgIpc) is 3.27. The number of rotatable bonds is 2. The lowest BCUT2D eigenvalue weighted by atomic mass is 9.48. The minimum atomic E-state index is -0.668. The molecule has 6 nitrogen and oxygen atoms in total. The average molecular weight is 429 g/mol. The van der Waals surface area contributed by atoms with Gasteiger partial charge in [0.15, 0.2) is 5.78 Å². The van der Waals surface area contributed by atoms with E-state index in [4.69, 9.17) is 14.2 Å². The molecule has 0 aromatic heterocycles. The Bertz CT molecular complexity index is 902. The smallest absolute Gasteiger partial charge is 0.458 e. The molecule has 0 aromatic rings. The number of fused-ring (bicyclic) bond motifs is 6. The number of hydrogen-bond donors (Lipinski definition) is 0. The van der Waals surface area contributed by atoms with Crippen molar-refractivity contribution < 1.29 is 28.6 Å². The van der Waals surface area contributed by atoms with Gasteiger partial charge < -0.3 is 14.2 Å². The van der Waals surface area contributed by atoms with Crippen LogP contribution in [0.2, 0.25) is 0 Å². The van der Waals surface area contributed by atoms with Crippen molar-refractivity contribution in [3.8, 4) is 0 Å². The molecule has 6 atom stereocenters. The molecule has 3 fully saturated rings. The van der Waals surface area contributed by atoms with Crippen LogP contribution >= 0.6 is 0 Å². The SMILES string of the molecule is COC(=O)OC[C@@H]1CC2=CC(=O)CC[C@]2(C)C2=CC[C@@]3(C)C(CC[C@@]34CCC(=O)O4)C21. The molecular weight excluding hydrogens is 396 g/mol. The second-order valence-electron chi connectivity index (χ2n) is 10.6. The summed E-state index contributed by atoms with van der Waals surface area (Å²) in [6, 6.07) is 0. The van der Waals surface area contributed by atoms with E-state index in [0.717, 1.165) is 38.5 Å². The fourth-order valence-electron chi connectivity index (χ4n) is 7.68. The molecule has 2 unspecified atom stereocenters. The fraction of sp³-hybridized carbons (Fsp3) is 0.720. The van der Waals surface area contributed by atoms with Crippen molar-refractivity contribution in [3.63, 3.8) is 0 Å². The van der Waals surface area contributed by atoms with E-state index in [0.29, 0.717) is 18.8 Å². The third-order valence-corrected chi connectivity index (χ3v) is 9.42. The number of ether oxygens (including phenoxy) is 3. The maximum atomic E-state index is 12.2. The van der Waals surface area contributed by atoms with Crippen LogP contribution in [0.3, 0.4) is 0 Å². The van der Waals surface area contributed by atoms with E-state index < -0.39 is 6.16 Å². The van der Waals surface area contributed by atoms with Crippen LogP contribution in [0.4, 0.5) is 4.79 Å². The van der Waals surface area contributed by atoms with Crippen molar-refractivity contribution in [1.29, 1.82) is 0 Å². The third-order valence-electron chi connectivity index (χ3n) is 9.42. The van der Waals surface area contributed by atoms with Gasteiger partial charge in [-0.1, -0.05) is 31.1 Å². The normalized spacial score (nSPS) is 43.4. The molecular formula is C25H32O6. The second-order valence-corrected chi connectivity index (χ2v) is 10.6. The molecule has 0 N–H and O–H groups in total. The molecule has 168 valence electrons. The van der Waals surface area contributed by atoms with E-state index in [-0.39, 0.29) is 46.6 Å². The molecule has 4 aliphatic carbocycles. The van der Waals surface area contributed by atoms with Crippen molar-refractivity contribution in [2.45, 2.75) is 70.8 Å². The van der Waals surface area contributed by atoms with Gasteiger partial charge in [0.05, 0.1) is 13.7 Å². The number of hydrogen-bond acceptors (Lipinski definition) is 6. The van der Waals surface area contributed by atoms with Crippen LogP contribution in [0.15, 0.2) is 23.3 Å². The Balaban J connectivity index is 1.56. The van der Waals surface area contributed by atoms with Crippen LogP contribution in [0, 0.1) is 28.6 Å². The topological polar surface area (TPSA) is 78.9 Å². The third kappa shape index (κ3) is 2.86. The molecule has 1 aliphatic heterocycles. The summed E-state index contributed by atoms with van der Waals surface area (Å²) < 4.78 is 16.2. The van der Waals surface area contributed by atoms with Crippen molar-refractivity contribution in [1.82, 2.24) is 0 Å². The number of ketones is 1. The van der Waals surface area contributed by atoms with E-state index >= 15 is 0 Å². The van der Waals surface area contributed by atoms with Crippen LogP contribution < -0.4 is 0 Å². The van der Waals surface area contributed by atoms with E-state index in [1.165, 1.54) is 18.3 Å². The highest BCUT2D eigenvalue weighted by molar-refractivity contribution is 5.92. The van der Waals surface area contributed by atoms with Gasteiger partial charge in [0, 0.05) is 29.6 Å². The lowest BCUT2D eigenvalue weighted by Gasteiger charge is -2.57. The Morgan fingerprint density at radius 1 is 1.19 bits per heavy atom. The summed E-state index contributed by atoms with van der Waals surface area (Å²) in [6.45, 7) is 4.85. The zero-order valence-electron chi connectivity index (χ0n) is 18.7. The Morgan fingerprint density at radius 2 is 2.00 bits per heavy atom. The first-order valence-electron chi connectivity index (χ1n) is 11.6. The van der Waals surface area contributed by atoms with E-state index in [2.05, 4.69) is 19.9 Å². The van der Waals surface area contributed by atoms with Crippen molar-refractivity contribution in [2.75, 3.05) is 13.7 Å². The molecule has 1 heterocycles. The van der Waals surface area contributed by atoms with Crippen molar-refractivity contribution >= 4 is 17.9 Å². The molecule has 31 heavy (non-hydrogen) atoms. The van der Waals surface area contributed by atoms with Gasteiger partial charge in [-0.2, -0.15) is 0 Å². The highest BCUT2D eigenvalue weighted by Gasteiger charge is 2.66. The molecule has 0 radical (unpaired) electrons. The molecule has 1 spiro atoms. The lowest BCUT2D eigenvalue weighted by molar-refractivity contribution is -0.161. The standard InChI is InChI=1S/C25H32O6/c1-23-8-4-17(26)13-16(23)12-15(14-30-22(28)29-3)21-18(23)5-9-24(2)19(21)6-10-25(24)11-7-20(27)31-25/h5,13,15,19,21H,4,6-12,14H2,1-3H3/t15-,19?,21?,23-,24-,25+/m0/s1. The van der Waals surface area contributed by atoms with Gasteiger partial charge in [0.25, 0.3) is 0 Å². The predicted octanol–water partition coefficient (Wildman–Crippen LogP) is 4.52. The van der Waals surface area contributed by atoms with Gasteiger partial charge >= 0.3 is 12.1 Å². The second kappa shape index (κ2) is 6.94. The number of esters is 1. The minimum Gasteiger partial charge on any atom is -0.458 e. The van der Waals surface area contributed by atoms with E-state index in [1.54, 1.807) is 0 Å². The summed E-state index contributed by atoms with van der Waals surface area (Å²) in [6.07, 6.45) is 9.83.